The molecule has 3 rings (SSSR count). The molecule has 0 radical (unpaired) electrons. The topological polar surface area (TPSA) is 51.8 Å². The zero-order valence-corrected chi connectivity index (χ0v) is 14.2. The van der Waals surface area contributed by atoms with Crippen molar-refractivity contribution >= 4 is 40.0 Å². The molecule has 1 aliphatic carbocycles. The normalized spacial score (nSPS) is 15.6. The molecule has 21 heavy (non-hydrogen) atoms. The SMILES string of the molecule is Nc1nc(-c2ccc(Cl)c(F)c2)nc(C2CCCC2)c1I. The number of halogens is 3. The number of nitrogens with zero attached hydrogens (tertiary/aromatic N) is 2. The van der Waals surface area contributed by atoms with Crippen molar-refractivity contribution < 1.29 is 4.39 Å². The first kappa shape index (κ1) is 15.0. The molecule has 0 aliphatic heterocycles. The zero-order chi connectivity index (χ0) is 15.0. The first-order chi connectivity index (χ1) is 10.1. The quantitative estimate of drug-likeness (QED) is 0.716. The fourth-order valence-corrected chi connectivity index (χ4v) is 3.52. The fraction of sp³-hybridized carbons (Fsp3) is 0.333. The van der Waals surface area contributed by atoms with E-state index in [0.717, 1.165) is 22.1 Å². The third-order valence-corrected chi connectivity index (χ3v) is 5.23. The minimum Gasteiger partial charge on any atom is -0.383 e. The standard InChI is InChI=1S/C15H14ClFIN3/c16-10-6-5-9(7-11(10)17)15-20-13(8-3-1-2-4-8)12(18)14(19)21-15/h5-8H,1-4H2,(H2,19,20,21). The molecule has 1 heterocycles. The minimum absolute atomic E-state index is 0.0910. The maximum atomic E-state index is 13.6. The third kappa shape index (κ3) is 2.99. The Morgan fingerprint density at radius 1 is 1.24 bits per heavy atom. The number of hydrogen-bond acceptors (Lipinski definition) is 3. The second kappa shape index (κ2) is 6.04. The van der Waals surface area contributed by atoms with Crippen molar-refractivity contribution in [3.63, 3.8) is 0 Å². The predicted octanol–water partition coefficient (Wildman–Crippen LogP) is 4.78. The molecule has 1 aliphatic rings. The molecule has 0 unspecified atom stereocenters. The predicted molar refractivity (Wildman–Crippen MR) is 90.8 cm³/mol. The van der Waals surface area contributed by atoms with Gasteiger partial charge in [-0.1, -0.05) is 24.4 Å². The lowest BCUT2D eigenvalue weighted by Gasteiger charge is -2.14. The molecule has 1 aromatic heterocycles. The molecule has 0 bridgehead atoms. The smallest absolute Gasteiger partial charge is 0.161 e. The van der Waals surface area contributed by atoms with Crippen molar-refractivity contribution in [2.75, 3.05) is 5.73 Å². The summed E-state index contributed by atoms with van der Waals surface area (Å²) in [5, 5.41) is 0.0910. The van der Waals surface area contributed by atoms with Gasteiger partial charge in [-0.2, -0.15) is 0 Å². The number of aromatic nitrogens is 2. The van der Waals surface area contributed by atoms with Crippen LogP contribution in [0.5, 0.6) is 0 Å². The molecule has 1 saturated carbocycles. The van der Waals surface area contributed by atoms with Gasteiger partial charge in [0.2, 0.25) is 0 Å². The molecular formula is C15H14ClFIN3. The van der Waals surface area contributed by atoms with Crippen LogP contribution in [0.1, 0.15) is 37.3 Å². The highest BCUT2D eigenvalue weighted by atomic mass is 127. The summed E-state index contributed by atoms with van der Waals surface area (Å²) < 4.78 is 14.5. The van der Waals surface area contributed by atoms with E-state index in [9.17, 15) is 4.39 Å². The van der Waals surface area contributed by atoms with Crippen molar-refractivity contribution in [1.82, 2.24) is 9.97 Å². The number of benzene rings is 1. The van der Waals surface area contributed by atoms with Gasteiger partial charge in [0.05, 0.1) is 14.3 Å². The first-order valence-corrected chi connectivity index (χ1v) is 8.30. The molecule has 2 N–H and O–H groups in total. The number of anilines is 1. The number of hydrogen-bond donors (Lipinski definition) is 1. The summed E-state index contributed by atoms with van der Waals surface area (Å²) in [4.78, 5) is 8.94. The van der Waals surface area contributed by atoms with Crippen LogP contribution in [0.15, 0.2) is 18.2 Å². The number of nitrogen functional groups attached to an aromatic ring is 1. The van der Waals surface area contributed by atoms with Gasteiger partial charge in [-0.3, -0.25) is 0 Å². The summed E-state index contributed by atoms with van der Waals surface area (Å²) in [5.74, 6) is 0.874. The molecule has 0 spiro atoms. The van der Waals surface area contributed by atoms with E-state index in [1.54, 1.807) is 6.07 Å². The molecule has 0 atom stereocenters. The van der Waals surface area contributed by atoms with E-state index < -0.39 is 5.82 Å². The monoisotopic (exact) mass is 417 g/mol. The molecule has 1 fully saturated rings. The van der Waals surface area contributed by atoms with Gasteiger partial charge in [0.15, 0.2) is 5.82 Å². The average molecular weight is 418 g/mol. The van der Waals surface area contributed by atoms with Crippen molar-refractivity contribution in [2.24, 2.45) is 0 Å². The molecule has 1 aromatic carbocycles. The molecular weight excluding hydrogens is 404 g/mol. The minimum atomic E-state index is -0.475. The summed E-state index contributed by atoms with van der Waals surface area (Å²) in [6.07, 6.45) is 4.69. The van der Waals surface area contributed by atoms with Crippen LogP contribution in [0.25, 0.3) is 11.4 Å². The van der Waals surface area contributed by atoms with Gasteiger partial charge in [-0.15, -0.1) is 0 Å². The molecule has 0 amide bonds. The summed E-state index contributed by atoms with van der Waals surface area (Å²) in [6.45, 7) is 0. The Kier molecular flexibility index (Phi) is 4.31. The Morgan fingerprint density at radius 3 is 2.62 bits per heavy atom. The first-order valence-electron chi connectivity index (χ1n) is 6.84. The zero-order valence-electron chi connectivity index (χ0n) is 11.2. The lowest BCUT2D eigenvalue weighted by Crippen LogP contribution is -2.08. The summed E-state index contributed by atoms with van der Waals surface area (Å²) >= 11 is 7.92. The van der Waals surface area contributed by atoms with Crippen LogP contribution in [-0.4, -0.2) is 9.97 Å². The summed E-state index contributed by atoms with van der Waals surface area (Å²) in [7, 11) is 0. The van der Waals surface area contributed by atoms with Gasteiger partial charge in [0.25, 0.3) is 0 Å². The Hall–Kier alpha value is -0.950. The van der Waals surface area contributed by atoms with Gasteiger partial charge in [-0.25, -0.2) is 14.4 Å². The van der Waals surface area contributed by atoms with E-state index in [2.05, 4.69) is 32.6 Å². The van der Waals surface area contributed by atoms with E-state index in [-0.39, 0.29) is 5.02 Å². The molecule has 3 nitrogen and oxygen atoms in total. The largest absolute Gasteiger partial charge is 0.383 e. The lowest BCUT2D eigenvalue weighted by atomic mass is 10.0. The third-order valence-electron chi connectivity index (χ3n) is 3.82. The van der Waals surface area contributed by atoms with Gasteiger partial charge in [0.1, 0.15) is 11.6 Å². The van der Waals surface area contributed by atoms with Gasteiger partial charge in [0, 0.05) is 11.5 Å². The highest BCUT2D eigenvalue weighted by Gasteiger charge is 2.23. The molecule has 110 valence electrons. The van der Waals surface area contributed by atoms with Crippen LogP contribution in [0.2, 0.25) is 5.02 Å². The highest BCUT2D eigenvalue weighted by Crippen LogP contribution is 2.37. The van der Waals surface area contributed by atoms with E-state index >= 15 is 0 Å². The fourth-order valence-electron chi connectivity index (χ4n) is 2.72. The van der Waals surface area contributed by atoms with Crippen LogP contribution in [0.4, 0.5) is 10.2 Å². The van der Waals surface area contributed by atoms with Crippen LogP contribution < -0.4 is 5.73 Å². The van der Waals surface area contributed by atoms with Crippen molar-refractivity contribution in [3.8, 4) is 11.4 Å². The van der Waals surface area contributed by atoms with Crippen molar-refractivity contribution in [1.29, 1.82) is 0 Å². The van der Waals surface area contributed by atoms with Crippen molar-refractivity contribution in [2.45, 2.75) is 31.6 Å². The van der Waals surface area contributed by atoms with Crippen LogP contribution in [0.3, 0.4) is 0 Å². The van der Waals surface area contributed by atoms with E-state index in [0.29, 0.717) is 23.1 Å². The van der Waals surface area contributed by atoms with Gasteiger partial charge < -0.3 is 5.73 Å². The lowest BCUT2D eigenvalue weighted by molar-refractivity contribution is 0.628. The number of nitrogens with two attached hydrogens (primary N) is 1. The van der Waals surface area contributed by atoms with Crippen LogP contribution in [0, 0.1) is 9.39 Å². The van der Waals surface area contributed by atoms with Crippen LogP contribution in [-0.2, 0) is 0 Å². The summed E-state index contributed by atoms with van der Waals surface area (Å²) in [5.41, 5.74) is 7.60. The molecule has 6 heteroatoms. The number of rotatable bonds is 2. The van der Waals surface area contributed by atoms with E-state index in [1.165, 1.54) is 25.0 Å². The van der Waals surface area contributed by atoms with Crippen LogP contribution >= 0.6 is 34.2 Å². The molecule has 2 aromatic rings. The Bertz CT molecular complexity index is 687. The second-order valence-electron chi connectivity index (χ2n) is 5.24. The Morgan fingerprint density at radius 2 is 1.95 bits per heavy atom. The van der Waals surface area contributed by atoms with E-state index in [4.69, 9.17) is 17.3 Å². The highest BCUT2D eigenvalue weighted by molar-refractivity contribution is 14.1. The maximum Gasteiger partial charge on any atom is 0.161 e. The Labute approximate surface area is 141 Å². The van der Waals surface area contributed by atoms with Gasteiger partial charge >= 0.3 is 0 Å². The van der Waals surface area contributed by atoms with E-state index in [1.807, 2.05) is 0 Å². The Balaban J connectivity index is 2.08. The molecule has 0 saturated heterocycles. The average Bonchev–Trinajstić information content (AvgIpc) is 2.98. The van der Waals surface area contributed by atoms with Gasteiger partial charge in [-0.05, 0) is 53.6 Å². The van der Waals surface area contributed by atoms with Crippen molar-refractivity contribution in [3.05, 3.63) is 38.3 Å². The second-order valence-corrected chi connectivity index (χ2v) is 6.73. The summed E-state index contributed by atoms with van der Waals surface area (Å²) in [6, 6.07) is 4.58. The maximum absolute atomic E-state index is 13.6.